The van der Waals surface area contributed by atoms with E-state index in [1.807, 2.05) is 0 Å². The van der Waals surface area contributed by atoms with Crippen LogP contribution in [0.2, 0.25) is 0 Å². The van der Waals surface area contributed by atoms with Crippen LogP contribution in [0.15, 0.2) is 0 Å². The van der Waals surface area contributed by atoms with Crippen LogP contribution in [0.5, 0.6) is 0 Å². The lowest BCUT2D eigenvalue weighted by atomic mass is 10.2. The van der Waals surface area contributed by atoms with Crippen LogP contribution in [-0.4, -0.2) is 32.3 Å². The Kier molecular flexibility index (Phi) is 4.99. The zero-order valence-electron chi connectivity index (χ0n) is 7.00. The van der Waals surface area contributed by atoms with Gasteiger partial charge in [-0.1, -0.05) is 0 Å². The number of hydrogen-bond donors (Lipinski definition) is 0. The van der Waals surface area contributed by atoms with Crippen molar-refractivity contribution in [1.29, 1.82) is 0 Å². The zero-order valence-corrected chi connectivity index (χ0v) is 7.00. The maximum atomic E-state index is 12.7. The van der Waals surface area contributed by atoms with E-state index in [1.165, 1.54) is 0 Å². The van der Waals surface area contributed by atoms with Crippen molar-refractivity contribution in [3.63, 3.8) is 0 Å². The molecule has 0 aromatic heterocycles. The highest BCUT2D eigenvalue weighted by atomic mass is 19.1. The van der Waals surface area contributed by atoms with E-state index in [2.05, 4.69) is 9.47 Å². The molecular weight excluding hydrogens is 167 g/mol. The minimum absolute atomic E-state index is 0.411. The Bertz CT molecular complexity index is 151. The number of carbonyl (C=O) groups is 2. The van der Waals surface area contributed by atoms with Gasteiger partial charge in [-0.05, 0) is 0 Å². The van der Waals surface area contributed by atoms with E-state index >= 15 is 0 Å². The Balaban J connectivity index is 3.66. The molecule has 0 bridgehead atoms. The summed E-state index contributed by atoms with van der Waals surface area (Å²) in [6.45, 7) is 0. The molecule has 0 aliphatic carbocycles. The van der Waals surface area contributed by atoms with Gasteiger partial charge in [-0.25, -0.2) is 4.39 Å². The molecule has 4 nitrogen and oxygen atoms in total. The van der Waals surface area contributed by atoms with Gasteiger partial charge in [-0.3, -0.25) is 9.59 Å². The van der Waals surface area contributed by atoms with Crippen molar-refractivity contribution in [2.45, 2.75) is 19.0 Å². The topological polar surface area (TPSA) is 52.6 Å². The van der Waals surface area contributed by atoms with Crippen molar-refractivity contribution >= 4 is 11.9 Å². The maximum absolute atomic E-state index is 12.7. The molecule has 0 aromatic carbocycles. The fourth-order valence-electron chi connectivity index (χ4n) is 0.601. The number of alkyl halides is 1. The van der Waals surface area contributed by atoms with E-state index in [0.29, 0.717) is 0 Å². The maximum Gasteiger partial charge on any atom is 0.308 e. The number of carbonyl (C=O) groups excluding carboxylic acids is 2. The van der Waals surface area contributed by atoms with Crippen LogP contribution in [-0.2, 0) is 19.1 Å². The van der Waals surface area contributed by atoms with Crippen LogP contribution in [0.3, 0.4) is 0 Å². The molecule has 0 fully saturated rings. The first kappa shape index (κ1) is 10.9. The molecular formula is C7H11FO4. The second-order valence-corrected chi connectivity index (χ2v) is 2.16. The fourth-order valence-corrected chi connectivity index (χ4v) is 0.601. The molecule has 0 unspecified atom stereocenters. The average Bonchev–Trinajstić information content (AvgIpc) is 2.03. The quantitative estimate of drug-likeness (QED) is 0.586. The van der Waals surface area contributed by atoms with Crippen LogP contribution in [0.25, 0.3) is 0 Å². The molecule has 0 N–H and O–H groups in total. The molecule has 0 saturated heterocycles. The monoisotopic (exact) mass is 178 g/mol. The van der Waals surface area contributed by atoms with Gasteiger partial charge in [-0.2, -0.15) is 0 Å². The van der Waals surface area contributed by atoms with Gasteiger partial charge in [0.2, 0.25) is 0 Å². The summed E-state index contributed by atoms with van der Waals surface area (Å²) in [4.78, 5) is 21.0. The average molecular weight is 178 g/mol. The van der Waals surface area contributed by atoms with Gasteiger partial charge in [0.05, 0.1) is 27.1 Å². The Morgan fingerprint density at radius 3 is 1.75 bits per heavy atom. The minimum Gasteiger partial charge on any atom is -0.469 e. The number of esters is 2. The summed E-state index contributed by atoms with van der Waals surface area (Å²) in [5, 5.41) is 0. The molecule has 12 heavy (non-hydrogen) atoms. The first-order valence-corrected chi connectivity index (χ1v) is 3.37. The van der Waals surface area contributed by atoms with E-state index in [4.69, 9.17) is 0 Å². The lowest BCUT2D eigenvalue weighted by molar-refractivity contribution is -0.144. The number of methoxy groups -OCH3 is 2. The lowest BCUT2D eigenvalue weighted by Crippen LogP contribution is -2.15. The summed E-state index contributed by atoms with van der Waals surface area (Å²) < 4.78 is 21.1. The Morgan fingerprint density at radius 1 is 1.17 bits per heavy atom. The van der Waals surface area contributed by atoms with Crippen molar-refractivity contribution in [2.75, 3.05) is 14.2 Å². The first-order chi connectivity index (χ1) is 5.60. The zero-order chi connectivity index (χ0) is 9.56. The van der Waals surface area contributed by atoms with Crippen LogP contribution in [0.1, 0.15) is 12.8 Å². The van der Waals surface area contributed by atoms with Crippen molar-refractivity contribution < 1.29 is 23.5 Å². The van der Waals surface area contributed by atoms with Gasteiger partial charge in [0, 0.05) is 0 Å². The van der Waals surface area contributed by atoms with Gasteiger partial charge in [0.1, 0.15) is 6.17 Å². The van der Waals surface area contributed by atoms with Crippen molar-refractivity contribution in [3.8, 4) is 0 Å². The van der Waals surface area contributed by atoms with Gasteiger partial charge >= 0.3 is 11.9 Å². The highest BCUT2D eigenvalue weighted by Crippen LogP contribution is 2.05. The van der Waals surface area contributed by atoms with Gasteiger partial charge in [-0.15, -0.1) is 0 Å². The van der Waals surface area contributed by atoms with Gasteiger partial charge < -0.3 is 9.47 Å². The number of halogens is 1. The SMILES string of the molecule is COC(=O)CC(F)CC(=O)OC. The van der Waals surface area contributed by atoms with Gasteiger partial charge in [0.25, 0.3) is 0 Å². The highest BCUT2D eigenvalue weighted by Gasteiger charge is 2.16. The number of rotatable bonds is 4. The van der Waals surface area contributed by atoms with Crippen molar-refractivity contribution in [3.05, 3.63) is 0 Å². The summed E-state index contributed by atoms with van der Waals surface area (Å²) in [7, 11) is 2.32. The largest absolute Gasteiger partial charge is 0.469 e. The molecule has 0 saturated carbocycles. The Labute approximate surface area is 69.6 Å². The third kappa shape index (κ3) is 4.65. The van der Waals surface area contributed by atoms with Crippen LogP contribution in [0, 0.1) is 0 Å². The molecule has 0 spiro atoms. The van der Waals surface area contributed by atoms with E-state index in [9.17, 15) is 14.0 Å². The summed E-state index contributed by atoms with van der Waals surface area (Å²) in [6, 6.07) is 0. The molecule has 0 aliphatic heterocycles. The smallest absolute Gasteiger partial charge is 0.308 e. The van der Waals surface area contributed by atoms with E-state index in [-0.39, 0.29) is 0 Å². The summed E-state index contributed by atoms with van der Waals surface area (Å²) in [5.41, 5.74) is 0. The Morgan fingerprint density at radius 2 is 1.50 bits per heavy atom. The highest BCUT2D eigenvalue weighted by molar-refractivity contribution is 5.73. The van der Waals surface area contributed by atoms with E-state index in [1.54, 1.807) is 0 Å². The number of ether oxygens (including phenoxy) is 2. The third-order valence-corrected chi connectivity index (χ3v) is 1.23. The standard InChI is InChI=1S/C7H11FO4/c1-11-6(9)3-5(8)4-7(10)12-2/h5H,3-4H2,1-2H3. The third-order valence-electron chi connectivity index (χ3n) is 1.23. The molecule has 0 aliphatic rings. The molecule has 0 rings (SSSR count). The predicted octanol–water partition coefficient (Wildman–Crippen LogP) is 0.451. The molecule has 0 aromatic rings. The molecule has 0 radical (unpaired) electrons. The van der Waals surface area contributed by atoms with Crippen molar-refractivity contribution in [2.24, 2.45) is 0 Å². The number of hydrogen-bond acceptors (Lipinski definition) is 4. The second-order valence-electron chi connectivity index (χ2n) is 2.16. The van der Waals surface area contributed by atoms with Crippen molar-refractivity contribution in [1.82, 2.24) is 0 Å². The predicted molar refractivity (Wildman–Crippen MR) is 38.2 cm³/mol. The van der Waals surface area contributed by atoms with E-state index < -0.39 is 31.0 Å². The Hall–Kier alpha value is -1.13. The van der Waals surface area contributed by atoms with Crippen LogP contribution in [0.4, 0.5) is 4.39 Å². The summed E-state index contributed by atoms with van der Waals surface area (Å²) in [6.07, 6.45) is -2.35. The van der Waals surface area contributed by atoms with Crippen LogP contribution >= 0.6 is 0 Å². The van der Waals surface area contributed by atoms with Gasteiger partial charge in [0.15, 0.2) is 0 Å². The summed E-state index contributed by atoms with van der Waals surface area (Å²) >= 11 is 0. The fraction of sp³-hybridized carbons (Fsp3) is 0.714. The summed E-state index contributed by atoms with van der Waals surface area (Å²) in [5.74, 6) is -1.35. The lowest BCUT2D eigenvalue weighted by Gasteiger charge is -2.04. The van der Waals surface area contributed by atoms with Crippen LogP contribution < -0.4 is 0 Å². The molecule has 5 heteroatoms. The second kappa shape index (κ2) is 5.51. The van der Waals surface area contributed by atoms with E-state index in [0.717, 1.165) is 14.2 Å². The molecule has 0 amide bonds. The molecule has 0 atom stereocenters. The first-order valence-electron chi connectivity index (χ1n) is 3.37. The minimum atomic E-state index is -1.52. The molecule has 70 valence electrons. The normalized spacial score (nSPS) is 9.67. The molecule has 0 heterocycles.